The van der Waals surface area contributed by atoms with Crippen LogP contribution in [-0.2, 0) is 6.42 Å². The van der Waals surface area contributed by atoms with Crippen LogP contribution in [0.2, 0.25) is 0 Å². The van der Waals surface area contributed by atoms with Crippen molar-refractivity contribution in [3.63, 3.8) is 0 Å². The minimum atomic E-state index is 0.0148. The molecule has 178 valence electrons. The van der Waals surface area contributed by atoms with Crippen molar-refractivity contribution >= 4 is 34.2 Å². The summed E-state index contributed by atoms with van der Waals surface area (Å²) in [6.07, 6.45) is 5.87. The first-order chi connectivity index (χ1) is 17.2. The van der Waals surface area contributed by atoms with Crippen LogP contribution in [0, 0.1) is 0 Å². The largest absolute Gasteiger partial charge is 0.341 e. The molecule has 5 heterocycles. The number of pyridine rings is 1. The summed E-state index contributed by atoms with van der Waals surface area (Å²) in [4.78, 5) is 48.2. The molecule has 0 spiro atoms. The lowest BCUT2D eigenvalue weighted by atomic mass is 10.0. The zero-order valence-corrected chi connectivity index (χ0v) is 19.9. The van der Waals surface area contributed by atoms with Gasteiger partial charge in [-0.05, 0) is 29.8 Å². The van der Waals surface area contributed by atoms with Crippen LogP contribution >= 0.6 is 11.3 Å². The Kier molecular flexibility index (Phi) is 5.75. The van der Waals surface area contributed by atoms with E-state index in [2.05, 4.69) is 19.9 Å². The summed E-state index contributed by atoms with van der Waals surface area (Å²) < 4.78 is 0. The van der Waals surface area contributed by atoms with Crippen LogP contribution in [0.4, 0.5) is 0 Å². The Balaban J connectivity index is 1.07. The van der Waals surface area contributed by atoms with E-state index in [4.69, 9.17) is 4.98 Å². The average Bonchev–Trinajstić information content (AvgIpc) is 3.53. The maximum Gasteiger partial charge on any atom is 0.282 e. The van der Waals surface area contributed by atoms with Gasteiger partial charge in [-0.15, -0.1) is 11.3 Å². The molecule has 35 heavy (non-hydrogen) atoms. The number of para-hydroxylation sites is 1. The topological polar surface area (TPSA) is 98.3 Å². The molecule has 1 N–H and O–H groups in total. The summed E-state index contributed by atoms with van der Waals surface area (Å²) in [7, 11) is 0. The highest BCUT2D eigenvalue weighted by atomic mass is 32.1. The van der Waals surface area contributed by atoms with Crippen LogP contribution in [0.1, 0.15) is 31.5 Å². The van der Waals surface area contributed by atoms with Gasteiger partial charge in [-0.25, -0.2) is 9.97 Å². The summed E-state index contributed by atoms with van der Waals surface area (Å²) in [5.41, 5.74) is 3.37. The van der Waals surface area contributed by atoms with Crippen molar-refractivity contribution in [2.45, 2.75) is 12.5 Å². The van der Waals surface area contributed by atoms with Crippen molar-refractivity contribution in [2.75, 3.05) is 39.3 Å². The third-order valence-corrected chi connectivity index (χ3v) is 7.56. The number of nitrogens with zero attached hydrogens (tertiary/aromatic N) is 6. The lowest BCUT2D eigenvalue weighted by Crippen LogP contribution is -2.64. The number of fused-ring (bicyclic) bond motifs is 1. The number of nitrogens with one attached hydrogen (secondary N) is 1. The van der Waals surface area contributed by atoms with Crippen LogP contribution < -0.4 is 0 Å². The van der Waals surface area contributed by atoms with Gasteiger partial charge in [0.25, 0.3) is 11.8 Å². The molecule has 2 aliphatic heterocycles. The number of likely N-dealkylation sites (tertiary alicyclic amines) is 1. The Morgan fingerprint density at radius 1 is 0.971 bits per heavy atom. The first kappa shape index (κ1) is 21.9. The second kappa shape index (κ2) is 9.20. The van der Waals surface area contributed by atoms with E-state index in [1.165, 1.54) is 11.3 Å². The van der Waals surface area contributed by atoms with Crippen LogP contribution in [0.25, 0.3) is 11.0 Å². The van der Waals surface area contributed by atoms with Crippen LogP contribution in [-0.4, -0.2) is 91.8 Å². The Hall–Kier alpha value is -3.63. The number of benzene rings is 1. The minimum absolute atomic E-state index is 0.0148. The van der Waals surface area contributed by atoms with E-state index in [0.29, 0.717) is 49.2 Å². The molecule has 0 atom stereocenters. The van der Waals surface area contributed by atoms with Crippen molar-refractivity contribution in [1.29, 1.82) is 0 Å². The molecule has 4 aromatic rings. The highest BCUT2D eigenvalue weighted by Gasteiger charge is 2.37. The monoisotopic (exact) mass is 487 g/mol. The molecule has 2 saturated heterocycles. The normalized spacial score (nSPS) is 17.0. The van der Waals surface area contributed by atoms with Gasteiger partial charge in [0.1, 0.15) is 5.82 Å². The molecule has 1 aromatic carbocycles. The van der Waals surface area contributed by atoms with E-state index in [1.807, 2.05) is 45.5 Å². The van der Waals surface area contributed by atoms with Gasteiger partial charge in [0, 0.05) is 75.7 Å². The summed E-state index contributed by atoms with van der Waals surface area (Å²) >= 11 is 1.38. The summed E-state index contributed by atoms with van der Waals surface area (Å²) in [5, 5.41) is 2.38. The number of amides is 2. The molecule has 0 unspecified atom stereocenters. The maximum absolute atomic E-state index is 13.3. The quantitative estimate of drug-likeness (QED) is 0.464. The van der Waals surface area contributed by atoms with Gasteiger partial charge >= 0.3 is 0 Å². The number of thiazole rings is 1. The number of piperazine rings is 1. The van der Waals surface area contributed by atoms with Crippen molar-refractivity contribution in [3.05, 3.63) is 76.3 Å². The standard InChI is InChI=1S/C25H25N7O2S/c33-24(19-2-1-3-20-22(19)29-21(28-20)14-17-4-6-26-7-5-17)32-15-18(16-32)30-9-11-31(12-10-30)25(34)23-27-8-13-35-23/h1-8,13,18H,9-12,14-16H2,(H,28,29). The molecule has 10 heteroatoms. The summed E-state index contributed by atoms with van der Waals surface area (Å²) in [5.74, 6) is 0.877. The Bertz CT molecular complexity index is 1340. The predicted molar refractivity (Wildman–Crippen MR) is 132 cm³/mol. The smallest absolute Gasteiger partial charge is 0.282 e. The number of aromatic nitrogens is 4. The van der Waals surface area contributed by atoms with Crippen molar-refractivity contribution in [1.82, 2.24) is 34.6 Å². The number of carbonyl (C=O) groups is 2. The summed E-state index contributed by atoms with van der Waals surface area (Å²) in [6.45, 7) is 4.42. The fraction of sp³-hybridized carbons (Fsp3) is 0.320. The molecule has 0 radical (unpaired) electrons. The molecule has 0 bridgehead atoms. The van der Waals surface area contributed by atoms with E-state index in [1.54, 1.807) is 18.6 Å². The Morgan fingerprint density at radius 2 is 1.77 bits per heavy atom. The number of aromatic amines is 1. The molecular weight excluding hydrogens is 462 g/mol. The second-order valence-electron chi connectivity index (χ2n) is 8.94. The van der Waals surface area contributed by atoms with Crippen molar-refractivity contribution < 1.29 is 9.59 Å². The highest BCUT2D eigenvalue weighted by molar-refractivity contribution is 7.11. The maximum atomic E-state index is 13.3. The molecule has 0 saturated carbocycles. The molecular formula is C25H25N7O2S. The van der Waals surface area contributed by atoms with E-state index < -0.39 is 0 Å². The number of imidazole rings is 1. The van der Waals surface area contributed by atoms with E-state index in [0.717, 1.165) is 35.5 Å². The number of hydrogen-bond donors (Lipinski definition) is 1. The fourth-order valence-corrected chi connectivity index (χ4v) is 5.42. The van der Waals surface area contributed by atoms with Crippen molar-refractivity contribution in [3.8, 4) is 0 Å². The molecule has 2 amide bonds. The van der Waals surface area contributed by atoms with Crippen LogP contribution in [0.15, 0.2) is 54.3 Å². The average molecular weight is 488 g/mol. The van der Waals surface area contributed by atoms with Gasteiger partial charge in [0.15, 0.2) is 5.01 Å². The zero-order chi connectivity index (χ0) is 23.8. The molecule has 6 rings (SSSR count). The van der Waals surface area contributed by atoms with E-state index in [9.17, 15) is 9.59 Å². The fourth-order valence-electron chi connectivity index (χ4n) is 4.82. The number of carbonyl (C=O) groups excluding carboxylic acids is 2. The van der Waals surface area contributed by atoms with E-state index in [-0.39, 0.29) is 11.8 Å². The molecule has 0 aliphatic carbocycles. The predicted octanol–water partition coefficient (Wildman–Crippen LogP) is 2.29. The van der Waals surface area contributed by atoms with Gasteiger partial charge in [0.05, 0.1) is 16.6 Å². The zero-order valence-electron chi connectivity index (χ0n) is 19.1. The molecule has 2 fully saturated rings. The lowest BCUT2D eigenvalue weighted by Gasteiger charge is -2.48. The number of hydrogen-bond acceptors (Lipinski definition) is 7. The minimum Gasteiger partial charge on any atom is -0.341 e. The van der Waals surface area contributed by atoms with Gasteiger partial charge in [-0.1, -0.05) is 6.07 Å². The van der Waals surface area contributed by atoms with Gasteiger partial charge in [0.2, 0.25) is 0 Å². The van der Waals surface area contributed by atoms with E-state index >= 15 is 0 Å². The first-order valence-electron chi connectivity index (χ1n) is 11.7. The Morgan fingerprint density at radius 3 is 2.51 bits per heavy atom. The van der Waals surface area contributed by atoms with Crippen LogP contribution in [0.3, 0.4) is 0 Å². The third-order valence-electron chi connectivity index (χ3n) is 6.80. The van der Waals surface area contributed by atoms with Crippen LogP contribution in [0.5, 0.6) is 0 Å². The second-order valence-corrected chi connectivity index (χ2v) is 9.84. The first-order valence-corrected chi connectivity index (χ1v) is 12.6. The van der Waals surface area contributed by atoms with Gasteiger partial charge in [-0.3, -0.25) is 19.5 Å². The summed E-state index contributed by atoms with van der Waals surface area (Å²) in [6, 6.07) is 9.96. The highest BCUT2D eigenvalue weighted by Crippen LogP contribution is 2.24. The third kappa shape index (κ3) is 4.30. The lowest BCUT2D eigenvalue weighted by molar-refractivity contribution is 0.00863. The molecule has 9 nitrogen and oxygen atoms in total. The van der Waals surface area contributed by atoms with Crippen molar-refractivity contribution in [2.24, 2.45) is 0 Å². The van der Waals surface area contributed by atoms with Gasteiger partial charge in [-0.2, -0.15) is 0 Å². The SMILES string of the molecule is O=C(c1nccs1)N1CCN(C2CN(C(=O)c3cccc4nc(Cc5ccncc5)[nH]c34)C2)CC1. The molecule has 3 aromatic heterocycles. The Labute approximate surface area is 206 Å². The number of rotatable bonds is 5. The number of H-pyrrole nitrogens is 1. The van der Waals surface area contributed by atoms with Gasteiger partial charge < -0.3 is 14.8 Å². The molecule has 2 aliphatic rings.